The van der Waals surface area contributed by atoms with Crippen molar-refractivity contribution in [2.75, 3.05) is 19.8 Å². The molecular weight excluding hydrogens is 282 g/mol. The quantitative estimate of drug-likeness (QED) is 0.607. The van der Waals surface area contributed by atoms with E-state index in [0.29, 0.717) is 12.5 Å². The Hall–Kier alpha value is -1.43. The van der Waals surface area contributed by atoms with E-state index >= 15 is 0 Å². The van der Waals surface area contributed by atoms with Crippen LogP contribution in [0.5, 0.6) is 0 Å². The topological polar surface area (TPSA) is 30.3 Å². The van der Waals surface area contributed by atoms with E-state index in [0.717, 1.165) is 32.8 Å². The Balaban J connectivity index is 1.69. The maximum Gasteiger partial charge on any atom is 0.0645 e. The maximum absolute atomic E-state index is 5.67. The molecule has 21 heavy (non-hydrogen) atoms. The zero-order valence-corrected chi connectivity index (χ0v) is 13.0. The number of nitrogens with zero attached hydrogens (tertiary/aromatic N) is 3. The molecule has 1 aliphatic rings. The SMILES string of the molecule is C=CCOC[C@H]1CN(Cc2ccsc2)Cc2ccnn2C1. The fourth-order valence-corrected chi connectivity index (χ4v) is 3.46. The Morgan fingerprint density at radius 3 is 3.19 bits per heavy atom. The van der Waals surface area contributed by atoms with Gasteiger partial charge in [0.2, 0.25) is 0 Å². The van der Waals surface area contributed by atoms with E-state index in [-0.39, 0.29) is 0 Å². The summed E-state index contributed by atoms with van der Waals surface area (Å²) in [5.74, 6) is 0.463. The molecule has 0 unspecified atom stereocenters. The molecule has 0 bridgehead atoms. The lowest BCUT2D eigenvalue weighted by Crippen LogP contribution is -2.30. The molecular formula is C16H21N3OS. The van der Waals surface area contributed by atoms with Crippen molar-refractivity contribution in [1.82, 2.24) is 14.7 Å². The smallest absolute Gasteiger partial charge is 0.0645 e. The number of thiophene rings is 1. The zero-order valence-electron chi connectivity index (χ0n) is 12.1. The standard InChI is InChI=1S/C16H21N3OS/c1-2-6-20-12-15-9-18(8-14-4-7-21-13-14)11-16-3-5-17-19(16)10-15/h2-5,7,13,15H,1,6,8-12H2/t15-/m0/s1. The van der Waals surface area contributed by atoms with Crippen LogP contribution in [0, 0.1) is 5.92 Å². The molecule has 0 amide bonds. The first-order chi connectivity index (χ1) is 10.3. The van der Waals surface area contributed by atoms with Crippen LogP contribution in [-0.4, -0.2) is 34.4 Å². The second-order valence-electron chi connectivity index (χ2n) is 5.50. The summed E-state index contributed by atoms with van der Waals surface area (Å²) in [4.78, 5) is 2.49. The van der Waals surface area contributed by atoms with Crippen molar-refractivity contribution in [1.29, 1.82) is 0 Å². The van der Waals surface area contributed by atoms with Gasteiger partial charge in [-0.15, -0.1) is 6.58 Å². The fourth-order valence-electron chi connectivity index (χ4n) is 2.80. The summed E-state index contributed by atoms with van der Waals surface area (Å²) < 4.78 is 7.79. The molecule has 0 fully saturated rings. The number of fused-ring (bicyclic) bond motifs is 1. The Morgan fingerprint density at radius 2 is 2.38 bits per heavy atom. The molecule has 0 aliphatic carbocycles. The van der Waals surface area contributed by atoms with Gasteiger partial charge in [0.05, 0.1) is 18.9 Å². The summed E-state index contributed by atoms with van der Waals surface area (Å²) in [6.07, 6.45) is 3.70. The van der Waals surface area contributed by atoms with Crippen LogP contribution in [0.25, 0.3) is 0 Å². The van der Waals surface area contributed by atoms with Crippen molar-refractivity contribution < 1.29 is 4.74 Å². The summed E-state index contributed by atoms with van der Waals surface area (Å²) in [5.41, 5.74) is 2.68. The van der Waals surface area contributed by atoms with Crippen molar-refractivity contribution in [3.05, 3.63) is 53.0 Å². The van der Waals surface area contributed by atoms with E-state index < -0.39 is 0 Å². The minimum Gasteiger partial charge on any atom is -0.377 e. The Morgan fingerprint density at radius 1 is 1.43 bits per heavy atom. The predicted molar refractivity (Wildman–Crippen MR) is 85.2 cm³/mol. The molecule has 0 saturated carbocycles. The van der Waals surface area contributed by atoms with Gasteiger partial charge >= 0.3 is 0 Å². The zero-order chi connectivity index (χ0) is 14.5. The Bertz CT molecular complexity index is 564. The van der Waals surface area contributed by atoms with E-state index in [9.17, 15) is 0 Å². The number of hydrogen-bond donors (Lipinski definition) is 0. The summed E-state index contributed by atoms with van der Waals surface area (Å²) >= 11 is 1.76. The highest BCUT2D eigenvalue weighted by molar-refractivity contribution is 7.07. The molecule has 4 nitrogen and oxygen atoms in total. The molecule has 5 heteroatoms. The van der Waals surface area contributed by atoms with Gasteiger partial charge in [-0.1, -0.05) is 6.08 Å². The van der Waals surface area contributed by atoms with E-state index in [4.69, 9.17) is 4.74 Å². The van der Waals surface area contributed by atoms with Gasteiger partial charge in [0, 0.05) is 38.3 Å². The minimum absolute atomic E-state index is 0.463. The van der Waals surface area contributed by atoms with E-state index in [1.807, 2.05) is 6.20 Å². The van der Waals surface area contributed by atoms with Gasteiger partial charge < -0.3 is 4.74 Å². The molecule has 0 saturated heterocycles. The van der Waals surface area contributed by atoms with Crippen molar-refractivity contribution in [3.8, 4) is 0 Å². The average Bonchev–Trinajstić information content (AvgIpc) is 3.09. The van der Waals surface area contributed by atoms with Gasteiger partial charge in [-0.25, -0.2) is 0 Å². The first-order valence-corrected chi connectivity index (χ1v) is 8.22. The third kappa shape index (κ3) is 3.81. The Kier molecular flexibility index (Phi) is 4.85. The molecule has 2 aromatic rings. The lowest BCUT2D eigenvalue weighted by molar-refractivity contribution is 0.0933. The predicted octanol–water partition coefficient (Wildman–Crippen LogP) is 2.78. The number of hydrogen-bond acceptors (Lipinski definition) is 4. The molecule has 0 N–H and O–H groups in total. The molecule has 0 aromatic carbocycles. The van der Waals surface area contributed by atoms with Crippen LogP contribution in [0.15, 0.2) is 41.7 Å². The third-order valence-electron chi connectivity index (χ3n) is 3.71. The third-order valence-corrected chi connectivity index (χ3v) is 4.45. The largest absolute Gasteiger partial charge is 0.377 e. The summed E-state index contributed by atoms with van der Waals surface area (Å²) in [6, 6.07) is 4.32. The summed E-state index contributed by atoms with van der Waals surface area (Å²) in [6.45, 7) is 8.99. The number of ether oxygens (including phenoxy) is 1. The highest BCUT2D eigenvalue weighted by Gasteiger charge is 2.22. The van der Waals surface area contributed by atoms with Gasteiger partial charge in [-0.05, 0) is 28.5 Å². The summed E-state index contributed by atoms with van der Waals surface area (Å²) in [7, 11) is 0. The summed E-state index contributed by atoms with van der Waals surface area (Å²) in [5, 5.41) is 8.81. The molecule has 112 valence electrons. The van der Waals surface area contributed by atoms with Crippen molar-refractivity contribution >= 4 is 11.3 Å². The highest BCUT2D eigenvalue weighted by Crippen LogP contribution is 2.19. The van der Waals surface area contributed by atoms with Gasteiger partial charge in [0.25, 0.3) is 0 Å². The highest BCUT2D eigenvalue weighted by atomic mass is 32.1. The second kappa shape index (κ2) is 7.02. The van der Waals surface area contributed by atoms with Crippen LogP contribution in [0.4, 0.5) is 0 Å². The average molecular weight is 303 g/mol. The lowest BCUT2D eigenvalue weighted by Gasteiger charge is -2.23. The second-order valence-corrected chi connectivity index (χ2v) is 6.28. The van der Waals surface area contributed by atoms with Gasteiger partial charge in [0.15, 0.2) is 0 Å². The molecule has 1 aliphatic heterocycles. The molecule has 3 heterocycles. The molecule has 0 radical (unpaired) electrons. The van der Waals surface area contributed by atoms with Crippen molar-refractivity contribution in [2.24, 2.45) is 5.92 Å². The fraction of sp³-hybridized carbons (Fsp3) is 0.438. The van der Waals surface area contributed by atoms with Crippen molar-refractivity contribution in [3.63, 3.8) is 0 Å². The van der Waals surface area contributed by atoms with Crippen LogP contribution >= 0.6 is 11.3 Å². The molecule has 2 aromatic heterocycles. The minimum atomic E-state index is 0.463. The normalized spacial score (nSPS) is 19.1. The maximum atomic E-state index is 5.67. The lowest BCUT2D eigenvalue weighted by atomic mass is 10.1. The first-order valence-electron chi connectivity index (χ1n) is 7.28. The molecule has 3 rings (SSSR count). The van der Waals surface area contributed by atoms with E-state index in [1.54, 1.807) is 17.4 Å². The monoisotopic (exact) mass is 303 g/mol. The Labute approximate surface area is 129 Å². The van der Waals surface area contributed by atoms with Crippen LogP contribution in [-0.2, 0) is 24.4 Å². The van der Waals surface area contributed by atoms with Gasteiger partial charge in [0.1, 0.15) is 0 Å². The van der Waals surface area contributed by atoms with Crippen LogP contribution in [0.1, 0.15) is 11.3 Å². The van der Waals surface area contributed by atoms with Crippen LogP contribution in [0.3, 0.4) is 0 Å². The van der Waals surface area contributed by atoms with Crippen molar-refractivity contribution in [2.45, 2.75) is 19.6 Å². The van der Waals surface area contributed by atoms with Gasteiger partial charge in [-0.3, -0.25) is 9.58 Å². The number of rotatable bonds is 6. The van der Waals surface area contributed by atoms with Crippen LogP contribution < -0.4 is 0 Å². The molecule has 0 spiro atoms. The van der Waals surface area contributed by atoms with E-state index in [1.165, 1.54) is 11.3 Å². The van der Waals surface area contributed by atoms with Gasteiger partial charge in [-0.2, -0.15) is 16.4 Å². The molecule has 1 atom stereocenters. The number of aromatic nitrogens is 2. The first kappa shape index (κ1) is 14.5. The van der Waals surface area contributed by atoms with Crippen LogP contribution in [0.2, 0.25) is 0 Å². The van der Waals surface area contributed by atoms with E-state index in [2.05, 4.69) is 44.2 Å².